The van der Waals surface area contributed by atoms with Crippen LogP contribution in [0.5, 0.6) is 0 Å². The van der Waals surface area contributed by atoms with E-state index < -0.39 is 5.41 Å². The highest BCUT2D eigenvalue weighted by molar-refractivity contribution is 6.17. The lowest BCUT2D eigenvalue weighted by Crippen LogP contribution is -2.36. The molecule has 0 spiro atoms. The number of hydrogen-bond donors (Lipinski definition) is 2. The van der Waals surface area contributed by atoms with Crippen molar-refractivity contribution < 1.29 is 9.59 Å². The zero-order valence-corrected chi connectivity index (χ0v) is 15.0. The van der Waals surface area contributed by atoms with Crippen molar-refractivity contribution in [2.75, 3.05) is 10.6 Å². The number of carbonyl (C=O) groups is 2. The highest BCUT2D eigenvalue weighted by atomic mass is 16.2. The third-order valence-electron chi connectivity index (χ3n) is 4.99. The van der Waals surface area contributed by atoms with Crippen molar-refractivity contribution in [1.29, 1.82) is 0 Å². The van der Waals surface area contributed by atoms with Gasteiger partial charge in [-0.25, -0.2) is 0 Å². The Morgan fingerprint density at radius 3 is 2.12 bits per heavy atom. The molecule has 0 aromatic heterocycles. The molecule has 0 bridgehead atoms. The summed E-state index contributed by atoms with van der Waals surface area (Å²) in [5.41, 5.74) is 3.72. The highest BCUT2D eigenvalue weighted by Gasteiger charge is 2.56. The normalized spacial score (nSPS) is 14.7. The summed E-state index contributed by atoms with van der Waals surface area (Å²) in [7, 11) is 0. The second-order valence-electron chi connectivity index (χ2n) is 6.77. The van der Waals surface area contributed by atoms with E-state index >= 15 is 0 Å². The molecule has 2 amide bonds. The van der Waals surface area contributed by atoms with E-state index in [9.17, 15) is 9.59 Å². The second-order valence-corrected chi connectivity index (χ2v) is 6.77. The fourth-order valence-corrected chi connectivity index (χ4v) is 3.12. The Bertz CT molecular complexity index is 802. The lowest BCUT2D eigenvalue weighted by atomic mass is 10.0. The molecule has 130 valence electrons. The summed E-state index contributed by atoms with van der Waals surface area (Å²) in [6.45, 7) is 5.96. The number of aryl methyl sites for hydroxylation is 3. The minimum Gasteiger partial charge on any atom is -0.325 e. The quantitative estimate of drug-likeness (QED) is 0.803. The molecule has 25 heavy (non-hydrogen) atoms. The molecule has 0 atom stereocenters. The molecule has 1 fully saturated rings. The molecule has 0 aliphatic heterocycles. The number of rotatable bonds is 5. The Hall–Kier alpha value is -2.62. The van der Waals surface area contributed by atoms with Gasteiger partial charge in [-0.2, -0.15) is 0 Å². The van der Waals surface area contributed by atoms with Crippen LogP contribution < -0.4 is 10.6 Å². The standard InChI is InChI=1S/C21H24N2O2/c1-4-16-10-5-6-11-17(16)22-19(24)21(12-13-21)20(25)23-18-14(2)8-7-9-15(18)3/h5-11H,4,12-13H2,1-3H3,(H,22,24)(H,23,25). The van der Waals surface area contributed by atoms with Gasteiger partial charge < -0.3 is 10.6 Å². The number of hydrogen-bond acceptors (Lipinski definition) is 2. The minimum absolute atomic E-state index is 0.211. The first-order chi connectivity index (χ1) is 12.0. The molecule has 0 heterocycles. The molecule has 2 aromatic carbocycles. The van der Waals surface area contributed by atoms with Gasteiger partial charge in [-0.1, -0.05) is 43.3 Å². The van der Waals surface area contributed by atoms with Gasteiger partial charge in [0.1, 0.15) is 5.41 Å². The number of anilines is 2. The number of amides is 2. The molecule has 1 saturated carbocycles. The van der Waals surface area contributed by atoms with Crippen LogP contribution in [0.4, 0.5) is 11.4 Å². The predicted molar refractivity (Wildman–Crippen MR) is 101 cm³/mol. The lowest BCUT2D eigenvalue weighted by molar-refractivity contribution is -0.131. The summed E-state index contributed by atoms with van der Waals surface area (Å²) in [6, 6.07) is 13.6. The molecule has 1 aliphatic carbocycles. The largest absolute Gasteiger partial charge is 0.325 e. The molecule has 3 rings (SSSR count). The van der Waals surface area contributed by atoms with E-state index in [0.717, 1.165) is 34.5 Å². The SMILES string of the molecule is CCc1ccccc1NC(=O)C1(C(=O)Nc2c(C)cccc2C)CC1. The number of benzene rings is 2. The third kappa shape index (κ3) is 3.29. The van der Waals surface area contributed by atoms with Crippen LogP contribution in [0, 0.1) is 19.3 Å². The van der Waals surface area contributed by atoms with E-state index in [2.05, 4.69) is 10.6 Å². The van der Waals surface area contributed by atoms with Crippen molar-refractivity contribution in [3.63, 3.8) is 0 Å². The summed E-state index contributed by atoms with van der Waals surface area (Å²) in [4.78, 5) is 25.6. The molecule has 4 heteroatoms. The van der Waals surface area contributed by atoms with Gasteiger partial charge in [0.25, 0.3) is 0 Å². The Morgan fingerprint density at radius 2 is 1.52 bits per heavy atom. The van der Waals surface area contributed by atoms with Gasteiger partial charge in [-0.3, -0.25) is 9.59 Å². The molecule has 0 unspecified atom stereocenters. The van der Waals surface area contributed by atoms with Crippen LogP contribution in [-0.2, 0) is 16.0 Å². The Balaban J connectivity index is 1.77. The van der Waals surface area contributed by atoms with Crippen molar-refractivity contribution in [2.24, 2.45) is 5.41 Å². The second kappa shape index (κ2) is 6.71. The van der Waals surface area contributed by atoms with Gasteiger partial charge in [-0.15, -0.1) is 0 Å². The molecule has 1 aliphatic rings. The molecular formula is C21H24N2O2. The maximum atomic E-state index is 12.8. The van der Waals surface area contributed by atoms with Gasteiger partial charge in [0.15, 0.2) is 0 Å². The summed E-state index contributed by atoms with van der Waals surface area (Å²) in [6.07, 6.45) is 2.01. The van der Waals surface area contributed by atoms with Crippen molar-refractivity contribution in [3.8, 4) is 0 Å². The Morgan fingerprint density at radius 1 is 0.920 bits per heavy atom. The van der Waals surface area contributed by atoms with Crippen molar-refractivity contribution in [1.82, 2.24) is 0 Å². The van der Waals surface area contributed by atoms with Crippen LogP contribution in [0.3, 0.4) is 0 Å². The van der Waals surface area contributed by atoms with Crippen molar-refractivity contribution >= 4 is 23.2 Å². The first-order valence-electron chi connectivity index (χ1n) is 8.75. The van der Waals surface area contributed by atoms with Crippen LogP contribution in [0.15, 0.2) is 42.5 Å². The Kier molecular flexibility index (Phi) is 4.62. The fraction of sp³-hybridized carbons (Fsp3) is 0.333. The number of carbonyl (C=O) groups excluding carboxylic acids is 2. The number of nitrogens with one attached hydrogen (secondary N) is 2. The topological polar surface area (TPSA) is 58.2 Å². The van der Waals surface area contributed by atoms with Crippen LogP contribution in [0.2, 0.25) is 0 Å². The van der Waals surface area contributed by atoms with Crippen LogP contribution in [0.25, 0.3) is 0 Å². The van der Waals surface area contributed by atoms with Crippen molar-refractivity contribution in [2.45, 2.75) is 40.0 Å². The van der Waals surface area contributed by atoms with Crippen LogP contribution in [-0.4, -0.2) is 11.8 Å². The fourth-order valence-electron chi connectivity index (χ4n) is 3.12. The van der Waals surface area contributed by atoms with E-state index in [0.29, 0.717) is 12.8 Å². The highest BCUT2D eigenvalue weighted by Crippen LogP contribution is 2.48. The third-order valence-corrected chi connectivity index (χ3v) is 4.99. The van der Waals surface area contributed by atoms with E-state index in [-0.39, 0.29) is 11.8 Å². The smallest absolute Gasteiger partial charge is 0.240 e. The maximum Gasteiger partial charge on any atom is 0.240 e. The summed E-state index contributed by atoms with van der Waals surface area (Å²) in [5.74, 6) is -0.423. The first-order valence-corrected chi connectivity index (χ1v) is 8.75. The molecule has 2 aromatic rings. The Labute approximate surface area is 148 Å². The minimum atomic E-state index is -0.949. The van der Waals surface area contributed by atoms with Gasteiger partial charge in [-0.05, 0) is 55.9 Å². The first kappa shape index (κ1) is 17.2. The van der Waals surface area contributed by atoms with Crippen LogP contribution >= 0.6 is 0 Å². The van der Waals surface area contributed by atoms with Gasteiger partial charge in [0, 0.05) is 11.4 Å². The van der Waals surface area contributed by atoms with E-state index in [4.69, 9.17) is 0 Å². The average molecular weight is 336 g/mol. The van der Waals surface area contributed by atoms with Gasteiger partial charge in [0.2, 0.25) is 11.8 Å². The molecule has 4 nitrogen and oxygen atoms in total. The van der Waals surface area contributed by atoms with E-state index in [1.807, 2.05) is 63.2 Å². The van der Waals surface area contributed by atoms with Crippen molar-refractivity contribution in [3.05, 3.63) is 59.2 Å². The summed E-state index contributed by atoms with van der Waals surface area (Å²) in [5, 5.41) is 5.94. The van der Waals surface area contributed by atoms with E-state index in [1.165, 1.54) is 0 Å². The zero-order valence-electron chi connectivity index (χ0n) is 15.0. The molecular weight excluding hydrogens is 312 g/mol. The number of para-hydroxylation sites is 2. The van der Waals surface area contributed by atoms with Gasteiger partial charge in [0.05, 0.1) is 0 Å². The average Bonchev–Trinajstić information content (AvgIpc) is 3.40. The molecule has 2 N–H and O–H groups in total. The maximum absolute atomic E-state index is 12.8. The lowest BCUT2D eigenvalue weighted by Gasteiger charge is -2.18. The summed E-state index contributed by atoms with van der Waals surface area (Å²) >= 11 is 0. The predicted octanol–water partition coefficient (Wildman–Crippen LogP) is 4.22. The summed E-state index contributed by atoms with van der Waals surface area (Å²) < 4.78 is 0. The zero-order chi connectivity index (χ0) is 18.0. The van der Waals surface area contributed by atoms with Gasteiger partial charge >= 0.3 is 0 Å². The van der Waals surface area contributed by atoms with E-state index in [1.54, 1.807) is 0 Å². The molecule has 0 saturated heterocycles. The monoisotopic (exact) mass is 336 g/mol. The van der Waals surface area contributed by atoms with Crippen LogP contribution in [0.1, 0.15) is 36.5 Å². The molecule has 0 radical (unpaired) electrons.